The predicted octanol–water partition coefficient (Wildman–Crippen LogP) is 3.07. The van der Waals surface area contributed by atoms with Crippen molar-refractivity contribution in [2.24, 2.45) is 0 Å². The molecule has 94 valence electrons. The Balaban J connectivity index is 2.93. The van der Waals surface area contributed by atoms with Crippen molar-refractivity contribution in [1.29, 1.82) is 0 Å². The topological polar surface area (TPSA) is 55.8 Å². The van der Waals surface area contributed by atoms with E-state index in [1.54, 1.807) is 13.8 Å². The highest BCUT2D eigenvalue weighted by atomic mass is 31.2. The molecule has 0 saturated carbocycles. The van der Waals surface area contributed by atoms with Crippen molar-refractivity contribution in [2.75, 3.05) is 0 Å². The van der Waals surface area contributed by atoms with Crippen molar-refractivity contribution in [2.45, 2.75) is 58.3 Å². The molecular formula is C11H21O4P. The van der Waals surface area contributed by atoms with Crippen molar-refractivity contribution in [1.82, 2.24) is 0 Å². The summed E-state index contributed by atoms with van der Waals surface area (Å²) in [6.07, 6.45) is 1.44. The van der Waals surface area contributed by atoms with Gasteiger partial charge in [0.1, 0.15) is 11.2 Å². The highest BCUT2D eigenvalue weighted by Crippen LogP contribution is 2.64. The van der Waals surface area contributed by atoms with Gasteiger partial charge in [-0.2, -0.15) is 0 Å². The Kier molecular flexibility index (Phi) is 3.19. The number of hydrogen-bond acceptors (Lipinski definition) is 4. The predicted molar refractivity (Wildman–Crippen MR) is 63.4 cm³/mol. The van der Waals surface area contributed by atoms with Crippen molar-refractivity contribution in [3.8, 4) is 0 Å². The van der Waals surface area contributed by atoms with Crippen molar-refractivity contribution >= 4 is 7.60 Å². The number of aliphatic hydroxyl groups is 1. The van der Waals surface area contributed by atoms with Gasteiger partial charge in [0.05, 0.1) is 5.60 Å². The molecule has 16 heavy (non-hydrogen) atoms. The highest BCUT2D eigenvalue weighted by Gasteiger charge is 2.54. The molecule has 0 aromatic carbocycles. The second kappa shape index (κ2) is 3.67. The van der Waals surface area contributed by atoms with Crippen LogP contribution in [0.4, 0.5) is 0 Å². The maximum absolute atomic E-state index is 12.2. The fourth-order valence-corrected chi connectivity index (χ4v) is 3.63. The SMILES string of the molecule is CC(C)(O)/C=C/P1(=O)OC(C)(C)C(C)(C)O1. The summed E-state index contributed by atoms with van der Waals surface area (Å²) in [5.74, 6) is 1.34. The van der Waals surface area contributed by atoms with E-state index in [9.17, 15) is 9.67 Å². The molecule has 1 saturated heterocycles. The third kappa shape index (κ3) is 2.95. The lowest BCUT2D eigenvalue weighted by Gasteiger charge is -2.29. The van der Waals surface area contributed by atoms with Crippen LogP contribution in [0.3, 0.4) is 0 Å². The van der Waals surface area contributed by atoms with Gasteiger partial charge in [0.2, 0.25) is 0 Å². The largest absolute Gasteiger partial charge is 0.386 e. The summed E-state index contributed by atoms with van der Waals surface area (Å²) < 4.78 is 23.2. The summed E-state index contributed by atoms with van der Waals surface area (Å²) >= 11 is 0. The van der Waals surface area contributed by atoms with Crippen LogP contribution in [0.2, 0.25) is 0 Å². The van der Waals surface area contributed by atoms with Gasteiger partial charge < -0.3 is 5.11 Å². The molecule has 0 radical (unpaired) electrons. The van der Waals surface area contributed by atoms with Gasteiger partial charge >= 0.3 is 7.60 Å². The monoisotopic (exact) mass is 248 g/mol. The molecule has 0 spiro atoms. The molecule has 1 aliphatic rings. The molecule has 0 amide bonds. The first kappa shape index (κ1) is 13.9. The molecular weight excluding hydrogens is 227 g/mol. The van der Waals surface area contributed by atoms with E-state index in [1.807, 2.05) is 27.7 Å². The summed E-state index contributed by atoms with van der Waals surface area (Å²) in [4.78, 5) is 0. The van der Waals surface area contributed by atoms with E-state index in [1.165, 1.54) is 11.9 Å². The number of hydrogen-bond donors (Lipinski definition) is 1. The van der Waals surface area contributed by atoms with Crippen molar-refractivity contribution in [3.63, 3.8) is 0 Å². The van der Waals surface area contributed by atoms with Crippen molar-refractivity contribution in [3.05, 3.63) is 11.9 Å². The Bertz CT molecular complexity index is 329. The van der Waals surface area contributed by atoms with E-state index in [0.717, 1.165) is 0 Å². The minimum Gasteiger partial charge on any atom is -0.386 e. The molecule has 5 heteroatoms. The quantitative estimate of drug-likeness (QED) is 0.763. The van der Waals surface area contributed by atoms with E-state index < -0.39 is 24.4 Å². The molecule has 1 fully saturated rings. The third-order valence-electron chi connectivity index (χ3n) is 2.83. The van der Waals surface area contributed by atoms with Crippen LogP contribution >= 0.6 is 7.60 Å². The Morgan fingerprint density at radius 2 is 1.50 bits per heavy atom. The van der Waals surface area contributed by atoms with E-state index in [2.05, 4.69) is 0 Å². The van der Waals surface area contributed by atoms with E-state index in [0.29, 0.717) is 0 Å². The van der Waals surface area contributed by atoms with Gasteiger partial charge in [-0.25, -0.2) is 0 Å². The lowest BCUT2D eigenvalue weighted by molar-refractivity contribution is 0.00578. The van der Waals surface area contributed by atoms with Crippen molar-refractivity contribution < 1.29 is 18.7 Å². The molecule has 0 bridgehead atoms. The second-order valence-electron chi connectivity index (χ2n) is 5.71. The summed E-state index contributed by atoms with van der Waals surface area (Å²) in [6.45, 7) is 10.5. The van der Waals surface area contributed by atoms with Crippen LogP contribution in [-0.2, 0) is 13.6 Å². The number of rotatable bonds is 2. The van der Waals surface area contributed by atoms with Gasteiger partial charge in [-0.15, -0.1) is 0 Å². The molecule has 0 unspecified atom stereocenters. The third-order valence-corrected chi connectivity index (χ3v) is 4.76. The van der Waals surface area contributed by atoms with Crippen LogP contribution in [0, 0.1) is 0 Å². The summed E-state index contributed by atoms with van der Waals surface area (Å²) in [6, 6.07) is 0. The molecule has 1 rings (SSSR count). The molecule has 0 aromatic heterocycles. The van der Waals surface area contributed by atoms with Gasteiger partial charge in [0.25, 0.3) is 0 Å². The second-order valence-corrected chi connectivity index (χ2v) is 7.46. The molecule has 1 heterocycles. The standard InChI is InChI=1S/C11H21O4P/c1-9(2,12)7-8-16(13)14-10(3,4)11(5,6)15-16/h7-8,12H,1-6H3/b8-7+. The van der Waals surface area contributed by atoms with Gasteiger partial charge in [0.15, 0.2) is 0 Å². The van der Waals surface area contributed by atoms with Crippen LogP contribution in [0.1, 0.15) is 41.5 Å². The highest BCUT2D eigenvalue weighted by molar-refractivity contribution is 7.57. The Morgan fingerprint density at radius 1 is 1.12 bits per heavy atom. The zero-order chi connectivity index (χ0) is 12.8. The summed E-state index contributed by atoms with van der Waals surface area (Å²) in [5, 5.41) is 9.53. The van der Waals surface area contributed by atoms with Gasteiger partial charge in [-0.1, -0.05) is 0 Å². The smallest absolute Gasteiger partial charge is 0.355 e. The zero-order valence-corrected chi connectivity index (χ0v) is 11.7. The first-order valence-electron chi connectivity index (χ1n) is 5.31. The average Bonchev–Trinajstić information content (AvgIpc) is 2.12. The average molecular weight is 248 g/mol. The maximum Gasteiger partial charge on any atom is 0.355 e. The molecule has 0 atom stereocenters. The first-order chi connectivity index (χ1) is 6.87. The van der Waals surface area contributed by atoms with E-state index >= 15 is 0 Å². The summed E-state index contributed by atoms with van der Waals surface area (Å²) in [5.41, 5.74) is -2.26. The Morgan fingerprint density at radius 3 is 1.81 bits per heavy atom. The van der Waals surface area contributed by atoms with Gasteiger partial charge in [0, 0.05) is 5.82 Å². The van der Waals surface area contributed by atoms with Crippen LogP contribution in [0.15, 0.2) is 11.9 Å². The molecule has 1 aliphatic heterocycles. The lowest BCUT2D eigenvalue weighted by Crippen LogP contribution is -2.41. The normalized spacial score (nSPS) is 27.4. The van der Waals surface area contributed by atoms with Crippen LogP contribution in [0.25, 0.3) is 0 Å². The van der Waals surface area contributed by atoms with E-state index in [-0.39, 0.29) is 0 Å². The first-order valence-corrected chi connectivity index (χ1v) is 6.92. The molecule has 1 N–H and O–H groups in total. The fraction of sp³-hybridized carbons (Fsp3) is 0.818. The maximum atomic E-state index is 12.2. The minimum absolute atomic E-state index is 0.619. The molecule has 4 nitrogen and oxygen atoms in total. The zero-order valence-electron chi connectivity index (χ0n) is 10.8. The van der Waals surface area contributed by atoms with Crippen LogP contribution in [0.5, 0.6) is 0 Å². The Hall–Kier alpha value is -0.150. The van der Waals surface area contributed by atoms with Crippen LogP contribution in [-0.4, -0.2) is 21.9 Å². The molecule has 0 aromatic rings. The van der Waals surface area contributed by atoms with Crippen LogP contribution < -0.4 is 0 Å². The Labute approximate surface area is 97.2 Å². The minimum atomic E-state index is -3.25. The fourth-order valence-electron chi connectivity index (χ4n) is 1.21. The molecule has 0 aliphatic carbocycles. The lowest BCUT2D eigenvalue weighted by atomic mass is 9.90. The van der Waals surface area contributed by atoms with Gasteiger partial charge in [-0.3, -0.25) is 13.6 Å². The van der Waals surface area contributed by atoms with E-state index in [4.69, 9.17) is 9.05 Å². The summed E-state index contributed by atoms with van der Waals surface area (Å²) in [7, 11) is -3.25. The van der Waals surface area contributed by atoms with Gasteiger partial charge in [-0.05, 0) is 47.6 Å².